The van der Waals surface area contributed by atoms with Gasteiger partial charge < -0.3 is 14.7 Å². The summed E-state index contributed by atoms with van der Waals surface area (Å²) in [4.78, 5) is 30.2. The molecule has 1 aliphatic rings. The van der Waals surface area contributed by atoms with Gasteiger partial charge in [-0.15, -0.1) is 0 Å². The fraction of sp³-hybridized carbons (Fsp3) is 0.733. The molecule has 1 aromatic heterocycles. The summed E-state index contributed by atoms with van der Waals surface area (Å²) in [6.07, 6.45) is 1.91. The van der Waals surface area contributed by atoms with Crippen LogP contribution in [0.1, 0.15) is 52.3 Å². The van der Waals surface area contributed by atoms with E-state index in [0.717, 1.165) is 12.8 Å². The van der Waals surface area contributed by atoms with Crippen LogP contribution in [-0.2, 0) is 21.5 Å². The molecule has 0 spiro atoms. The maximum absolute atomic E-state index is 12.4. The van der Waals surface area contributed by atoms with E-state index >= 15 is 0 Å². The molecule has 7 heteroatoms. The number of nitrogens with zero attached hydrogens (tertiary/aromatic N) is 3. The molecule has 0 bridgehead atoms. The minimum Gasteiger partial charge on any atom is -0.343 e. The highest BCUT2D eigenvalue weighted by Crippen LogP contribution is 2.22. The Balaban J connectivity index is 2.01. The smallest absolute Gasteiger partial charge is 0.226 e. The van der Waals surface area contributed by atoms with Crippen LogP contribution in [0.4, 0.5) is 0 Å². The Morgan fingerprint density at radius 2 is 2.18 bits per heavy atom. The number of hydrogen-bond acceptors (Lipinski definition) is 5. The Labute approximate surface area is 130 Å². The van der Waals surface area contributed by atoms with Crippen molar-refractivity contribution in [1.29, 1.82) is 0 Å². The number of hydrogen-bond donors (Lipinski definition) is 1. The lowest BCUT2D eigenvalue weighted by Crippen LogP contribution is -2.45. The van der Waals surface area contributed by atoms with E-state index in [-0.39, 0.29) is 24.2 Å². The normalized spacial score (nSPS) is 18.8. The lowest BCUT2D eigenvalue weighted by molar-refractivity contribution is -0.129. The third-order valence-electron chi connectivity index (χ3n) is 3.89. The van der Waals surface area contributed by atoms with Crippen LogP contribution in [0.2, 0.25) is 0 Å². The zero-order valence-electron chi connectivity index (χ0n) is 13.7. The molecule has 1 fully saturated rings. The predicted octanol–water partition coefficient (Wildman–Crippen LogP) is 1.24. The maximum Gasteiger partial charge on any atom is 0.226 e. The molecule has 1 atom stereocenters. The molecular formula is C15H24N4O3. The van der Waals surface area contributed by atoms with E-state index in [0.29, 0.717) is 24.8 Å². The van der Waals surface area contributed by atoms with Gasteiger partial charge in [-0.05, 0) is 27.2 Å². The summed E-state index contributed by atoms with van der Waals surface area (Å²) in [7, 11) is 0. The number of likely N-dealkylation sites (tertiary alicyclic amines) is 1. The first-order valence-corrected chi connectivity index (χ1v) is 7.80. The molecule has 2 amide bonds. The van der Waals surface area contributed by atoms with Gasteiger partial charge in [0.05, 0.1) is 11.5 Å². The standard InChI is InChI=1S/C15H24N4O3/c1-5-7-11-16-14(18-22-11)15(3,4)17-13(21)10-8-12(20)19(6-2)9-10/h10H,5-9H2,1-4H3,(H,17,21)/t10-/m0/s1. The minimum absolute atomic E-state index is 0.0326. The van der Waals surface area contributed by atoms with Gasteiger partial charge in [0.2, 0.25) is 17.7 Å². The zero-order valence-corrected chi connectivity index (χ0v) is 13.7. The van der Waals surface area contributed by atoms with Crippen LogP contribution < -0.4 is 5.32 Å². The summed E-state index contributed by atoms with van der Waals surface area (Å²) in [5.74, 6) is 0.615. The number of carbonyl (C=O) groups is 2. The molecule has 1 saturated heterocycles. The van der Waals surface area contributed by atoms with Gasteiger partial charge in [-0.3, -0.25) is 9.59 Å². The van der Waals surface area contributed by atoms with E-state index in [1.165, 1.54) is 0 Å². The van der Waals surface area contributed by atoms with Gasteiger partial charge in [0.25, 0.3) is 0 Å². The van der Waals surface area contributed by atoms with Crippen LogP contribution in [-0.4, -0.2) is 39.9 Å². The molecule has 122 valence electrons. The SMILES string of the molecule is CCCc1nc(C(C)(C)NC(=O)[C@H]2CC(=O)N(CC)C2)no1. The summed E-state index contributed by atoms with van der Waals surface area (Å²) >= 11 is 0. The zero-order chi connectivity index (χ0) is 16.3. The third-order valence-corrected chi connectivity index (χ3v) is 3.89. The lowest BCUT2D eigenvalue weighted by atomic mass is 10.0. The van der Waals surface area contributed by atoms with Crippen molar-refractivity contribution in [3.63, 3.8) is 0 Å². The van der Waals surface area contributed by atoms with Gasteiger partial charge in [0.1, 0.15) is 0 Å². The Morgan fingerprint density at radius 1 is 1.45 bits per heavy atom. The van der Waals surface area contributed by atoms with Crippen molar-refractivity contribution in [2.45, 2.75) is 52.5 Å². The fourth-order valence-corrected chi connectivity index (χ4v) is 2.54. The fourth-order valence-electron chi connectivity index (χ4n) is 2.54. The first-order valence-electron chi connectivity index (χ1n) is 7.80. The molecule has 7 nitrogen and oxygen atoms in total. The molecule has 2 heterocycles. The Kier molecular flexibility index (Phi) is 4.83. The topological polar surface area (TPSA) is 88.3 Å². The first-order chi connectivity index (χ1) is 10.4. The average Bonchev–Trinajstić information content (AvgIpc) is 3.05. The maximum atomic E-state index is 12.4. The second kappa shape index (κ2) is 6.46. The summed E-state index contributed by atoms with van der Waals surface area (Å²) in [5, 5.41) is 6.89. The van der Waals surface area contributed by atoms with Crippen molar-refractivity contribution in [3.8, 4) is 0 Å². The van der Waals surface area contributed by atoms with E-state index in [1.807, 2.05) is 27.7 Å². The number of aromatic nitrogens is 2. The van der Waals surface area contributed by atoms with Gasteiger partial charge in [-0.1, -0.05) is 12.1 Å². The van der Waals surface area contributed by atoms with Gasteiger partial charge in [0, 0.05) is 25.9 Å². The lowest BCUT2D eigenvalue weighted by Gasteiger charge is -2.24. The third kappa shape index (κ3) is 3.45. The highest BCUT2D eigenvalue weighted by Gasteiger charge is 2.37. The second-order valence-electron chi connectivity index (χ2n) is 6.21. The van der Waals surface area contributed by atoms with Crippen LogP contribution in [0.25, 0.3) is 0 Å². The summed E-state index contributed by atoms with van der Waals surface area (Å²) < 4.78 is 5.18. The number of carbonyl (C=O) groups excluding carboxylic acids is 2. The Bertz CT molecular complexity index is 553. The Morgan fingerprint density at radius 3 is 2.77 bits per heavy atom. The highest BCUT2D eigenvalue weighted by molar-refractivity contribution is 5.89. The van der Waals surface area contributed by atoms with E-state index in [1.54, 1.807) is 4.90 Å². The van der Waals surface area contributed by atoms with Gasteiger partial charge >= 0.3 is 0 Å². The molecule has 1 aromatic rings. The molecule has 1 N–H and O–H groups in total. The highest BCUT2D eigenvalue weighted by atomic mass is 16.5. The van der Waals surface area contributed by atoms with Crippen LogP contribution in [0.3, 0.4) is 0 Å². The van der Waals surface area contributed by atoms with E-state index in [9.17, 15) is 9.59 Å². The van der Waals surface area contributed by atoms with Crippen molar-refractivity contribution in [1.82, 2.24) is 20.4 Å². The van der Waals surface area contributed by atoms with Crippen LogP contribution >= 0.6 is 0 Å². The molecular weight excluding hydrogens is 284 g/mol. The molecule has 2 rings (SSSR count). The summed E-state index contributed by atoms with van der Waals surface area (Å²) in [5.41, 5.74) is -0.727. The van der Waals surface area contributed by atoms with Crippen molar-refractivity contribution in [2.75, 3.05) is 13.1 Å². The van der Waals surface area contributed by atoms with Crippen LogP contribution in [0.15, 0.2) is 4.52 Å². The van der Waals surface area contributed by atoms with E-state index in [4.69, 9.17) is 4.52 Å². The van der Waals surface area contributed by atoms with Gasteiger partial charge in [-0.25, -0.2) is 0 Å². The molecule has 0 unspecified atom stereocenters. The van der Waals surface area contributed by atoms with Crippen molar-refractivity contribution in [2.24, 2.45) is 5.92 Å². The van der Waals surface area contributed by atoms with Crippen molar-refractivity contribution < 1.29 is 14.1 Å². The van der Waals surface area contributed by atoms with Crippen LogP contribution in [0.5, 0.6) is 0 Å². The summed E-state index contributed by atoms with van der Waals surface area (Å²) in [6, 6.07) is 0. The molecule has 0 aromatic carbocycles. The number of rotatable bonds is 6. The minimum atomic E-state index is -0.727. The monoisotopic (exact) mass is 308 g/mol. The van der Waals surface area contributed by atoms with Gasteiger partial charge in [-0.2, -0.15) is 4.98 Å². The molecule has 0 aliphatic carbocycles. The molecule has 1 aliphatic heterocycles. The second-order valence-corrected chi connectivity index (χ2v) is 6.21. The van der Waals surface area contributed by atoms with E-state index < -0.39 is 5.54 Å². The average molecular weight is 308 g/mol. The predicted molar refractivity (Wildman–Crippen MR) is 79.8 cm³/mol. The molecule has 0 radical (unpaired) electrons. The quantitative estimate of drug-likeness (QED) is 0.854. The largest absolute Gasteiger partial charge is 0.343 e. The van der Waals surface area contributed by atoms with Crippen molar-refractivity contribution in [3.05, 3.63) is 11.7 Å². The molecule has 0 saturated carbocycles. The van der Waals surface area contributed by atoms with E-state index in [2.05, 4.69) is 15.5 Å². The Hall–Kier alpha value is -1.92. The number of aryl methyl sites for hydroxylation is 1. The number of amides is 2. The van der Waals surface area contributed by atoms with Crippen LogP contribution in [0, 0.1) is 5.92 Å². The van der Waals surface area contributed by atoms with Gasteiger partial charge in [0.15, 0.2) is 5.82 Å². The first kappa shape index (κ1) is 16.5. The van der Waals surface area contributed by atoms with Crippen molar-refractivity contribution >= 4 is 11.8 Å². The summed E-state index contributed by atoms with van der Waals surface area (Å²) in [6.45, 7) is 8.73. The number of nitrogens with one attached hydrogen (secondary N) is 1. The molecule has 22 heavy (non-hydrogen) atoms.